The molecule has 2 amide bonds. The fourth-order valence-corrected chi connectivity index (χ4v) is 3.39. The Bertz CT molecular complexity index is 665. The number of nitrogens with zero attached hydrogens (tertiary/aromatic N) is 6. The van der Waals surface area contributed by atoms with Crippen molar-refractivity contribution in [2.45, 2.75) is 6.54 Å². The van der Waals surface area contributed by atoms with Gasteiger partial charge < -0.3 is 9.80 Å². The molecule has 1 aliphatic heterocycles. The molecular formula is C12H13BrN6O2S. The molecular weight excluding hydrogens is 372 g/mol. The van der Waals surface area contributed by atoms with E-state index in [9.17, 15) is 9.59 Å². The summed E-state index contributed by atoms with van der Waals surface area (Å²) in [5, 5.41) is 12.5. The van der Waals surface area contributed by atoms with Crippen LogP contribution in [0.25, 0.3) is 0 Å². The number of thiophene rings is 1. The molecule has 116 valence electrons. The largest absolute Gasteiger partial charge is 0.338 e. The van der Waals surface area contributed by atoms with Gasteiger partial charge in [-0.3, -0.25) is 9.59 Å². The Hall–Kier alpha value is -1.81. The van der Waals surface area contributed by atoms with Crippen molar-refractivity contribution in [2.24, 2.45) is 0 Å². The molecule has 0 spiro atoms. The number of carbonyl (C=O) groups excluding carboxylic acids is 2. The van der Waals surface area contributed by atoms with Gasteiger partial charge >= 0.3 is 0 Å². The minimum absolute atomic E-state index is 0.00882. The Morgan fingerprint density at radius 2 is 1.95 bits per heavy atom. The lowest BCUT2D eigenvalue weighted by molar-refractivity contribution is -0.133. The van der Waals surface area contributed by atoms with Gasteiger partial charge in [0, 0.05) is 31.6 Å². The predicted molar refractivity (Wildman–Crippen MR) is 82.3 cm³/mol. The maximum atomic E-state index is 12.3. The summed E-state index contributed by atoms with van der Waals surface area (Å²) >= 11 is 4.85. The van der Waals surface area contributed by atoms with Gasteiger partial charge in [0.2, 0.25) is 5.91 Å². The van der Waals surface area contributed by atoms with Crippen molar-refractivity contribution in [2.75, 3.05) is 26.2 Å². The van der Waals surface area contributed by atoms with E-state index >= 15 is 0 Å². The summed E-state index contributed by atoms with van der Waals surface area (Å²) in [4.78, 5) is 27.9. The summed E-state index contributed by atoms with van der Waals surface area (Å²) < 4.78 is 2.33. The van der Waals surface area contributed by atoms with E-state index < -0.39 is 0 Å². The maximum absolute atomic E-state index is 12.3. The summed E-state index contributed by atoms with van der Waals surface area (Å²) in [6.45, 7) is 2.25. The summed E-state index contributed by atoms with van der Waals surface area (Å²) in [6.07, 6.45) is 1.41. The molecule has 8 nitrogen and oxygen atoms in total. The van der Waals surface area contributed by atoms with E-state index in [4.69, 9.17) is 0 Å². The Kier molecular flexibility index (Phi) is 4.48. The van der Waals surface area contributed by atoms with Crippen LogP contribution < -0.4 is 0 Å². The van der Waals surface area contributed by atoms with Crippen molar-refractivity contribution in [3.8, 4) is 0 Å². The molecule has 0 N–H and O–H groups in total. The van der Waals surface area contributed by atoms with Gasteiger partial charge in [0.25, 0.3) is 5.91 Å². The molecule has 1 aliphatic rings. The van der Waals surface area contributed by atoms with Gasteiger partial charge in [-0.2, -0.15) is 0 Å². The van der Waals surface area contributed by atoms with Crippen molar-refractivity contribution in [1.29, 1.82) is 0 Å². The van der Waals surface area contributed by atoms with Crippen molar-refractivity contribution in [1.82, 2.24) is 30.0 Å². The predicted octanol–water partition coefficient (Wildman–Crippen LogP) is 0.482. The smallest absolute Gasteiger partial charge is 0.254 e. The van der Waals surface area contributed by atoms with Crippen LogP contribution in [0.3, 0.4) is 0 Å². The van der Waals surface area contributed by atoms with Gasteiger partial charge in [0.1, 0.15) is 12.9 Å². The number of carbonyl (C=O) groups is 2. The first-order valence-electron chi connectivity index (χ1n) is 6.65. The lowest BCUT2D eigenvalue weighted by Crippen LogP contribution is -2.51. The average Bonchev–Trinajstić information content (AvgIpc) is 3.18. The van der Waals surface area contributed by atoms with E-state index in [0.717, 1.165) is 3.79 Å². The van der Waals surface area contributed by atoms with Crippen molar-refractivity contribution in [3.63, 3.8) is 0 Å². The van der Waals surface area contributed by atoms with E-state index in [-0.39, 0.29) is 18.4 Å². The minimum atomic E-state index is -0.0438. The van der Waals surface area contributed by atoms with Crippen LogP contribution in [0, 0.1) is 0 Å². The second kappa shape index (κ2) is 6.53. The van der Waals surface area contributed by atoms with Crippen LogP contribution in [0.1, 0.15) is 10.4 Å². The summed E-state index contributed by atoms with van der Waals surface area (Å²) in [5.74, 6) is -0.0350. The fraction of sp³-hybridized carbons (Fsp3) is 0.417. The first kappa shape index (κ1) is 15.1. The Morgan fingerprint density at radius 3 is 2.55 bits per heavy atom. The van der Waals surface area contributed by atoms with Crippen LogP contribution in [-0.2, 0) is 11.3 Å². The Balaban J connectivity index is 1.54. The zero-order valence-corrected chi connectivity index (χ0v) is 14.0. The highest BCUT2D eigenvalue weighted by atomic mass is 79.9. The molecule has 1 fully saturated rings. The third-order valence-corrected chi connectivity index (χ3v) is 4.93. The zero-order chi connectivity index (χ0) is 15.5. The summed E-state index contributed by atoms with van der Waals surface area (Å²) in [5.41, 5.74) is 0.686. The second-order valence-corrected chi connectivity index (χ2v) is 7.11. The number of piperazine rings is 1. The average molecular weight is 385 g/mol. The van der Waals surface area contributed by atoms with Crippen molar-refractivity contribution < 1.29 is 9.59 Å². The monoisotopic (exact) mass is 384 g/mol. The van der Waals surface area contributed by atoms with E-state index in [1.807, 2.05) is 11.4 Å². The first-order valence-corrected chi connectivity index (χ1v) is 8.32. The number of tetrazole rings is 1. The van der Waals surface area contributed by atoms with Gasteiger partial charge in [0.05, 0.1) is 9.35 Å². The molecule has 0 saturated carbocycles. The number of rotatable bonds is 3. The van der Waals surface area contributed by atoms with E-state index in [1.54, 1.807) is 9.80 Å². The SMILES string of the molecule is O=C(Cn1cnnn1)N1CCN(C(=O)c2csc(Br)c2)CC1. The summed E-state index contributed by atoms with van der Waals surface area (Å²) in [7, 11) is 0. The highest BCUT2D eigenvalue weighted by Gasteiger charge is 2.25. The number of halogens is 1. The number of hydrogen-bond acceptors (Lipinski definition) is 6. The molecule has 0 aromatic carbocycles. The maximum Gasteiger partial charge on any atom is 0.254 e. The molecule has 0 radical (unpaired) electrons. The molecule has 3 rings (SSSR count). The minimum Gasteiger partial charge on any atom is -0.338 e. The van der Waals surface area contributed by atoms with Crippen LogP contribution >= 0.6 is 27.3 Å². The Morgan fingerprint density at radius 1 is 1.23 bits per heavy atom. The molecule has 0 aliphatic carbocycles. The van der Waals surface area contributed by atoms with Crippen molar-refractivity contribution >= 4 is 39.1 Å². The van der Waals surface area contributed by atoms with Crippen LogP contribution in [0.2, 0.25) is 0 Å². The molecule has 1 saturated heterocycles. The molecule has 10 heteroatoms. The van der Waals surface area contributed by atoms with Gasteiger partial charge in [-0.1, -0.05) is 0 Å². The van der Waals surface area contributed by atoms with E-state index in [2.05, 4.69) is 31.5 Å². The molecule has 0 unspecified atom stereocenters. The van der Waals surface area contributed by atoms with Gasteiger partial charge in [-0.05, 0) is 32.4 Å². The molecule has 3 heterocycles. The lowest BCUT2D eigenvalue weighted by atomic mass is 10.2. The van der Waals surface area contributed by atoms with E-state index in [0.29, 0.717) is 31.7 Å². The first-order chi connectivity index (χ1) is 10.6. The number of aromatic nitrogens is 4. The highest BCUT2D eigenvalue weighted by molar-refractivity contribution is 9.11. The van der Waals surface area contributed by atoms with Crippen LogP contribution in [-0.4, -0.2) is 68.0 Å². The normalized spacial score (nSPS) is 15.1. The molecule has 2 aromatic rings. The third kappa shape index (κ3) is 3.33. The quantitative estimate of drug-likeness (QED) is 0.768. The molecule has 0 bridgehead atoms. The van der Waals surface area contributed by atoms with Crippen molar-refractivity contribution in [3.05, 3.63) is 27.1 Å². The highest BCUT2D eigenvalue weighted by Crippen LogP contribution is 2.22. The fourth-order valence-electron chi connectivity index (χ4n) is 2.26. The molecule has 22 heavy (non-hydrogen) atoms. The standard InChI is InChI=1S/C12H13BrN6O2S/c13-10-5-9(7-22-10)12(21)18-3-1-17(2-4-18)11(20)6-19-8-14-15-16-19/h5,7-8H,1-4,6H2. The molecule has 2 aromatic heterocycles. The zero-order valence-electron chi connectivity index (χ0n) is 11.6. The van der Waals surface area contributed by atoms with E-state index in [1.165, 1.54) is 22.3 Å². The summed E-state index contributed by atoms with van der Waals surface area (Å²) in [6, 6.07) is 1.82. The third-order valence-electron chi connectivity index (χ3n) is 3.42. The number of amides is 2. The second-order valence-electron chi connectivity index (χ2n) is 4.82. The van der Waals surface area contributed by atoms with Gasteiger partial charge in [0.15, 0.2) is 0 Å². The van der Waals surface area contributed by atoms with Crippen LogP contribution in [0.5, 0.6) is 0 Å². The van der Waals surface area contributed by atoms with Gasteiger partial charge in [-0.15, -0.1) is 16.4 Å². The Labute approximate surface area is 138 Å². The lowest BCUT2D eigenvalue weighted by Gasteiger charge is -2.34. The number of hydrogen-bond donors (Lipinski definition) is 0. The van der Waals surface area contributed by atoms with Crippen LogP contribution in [0.15, 0.2) is 21.6 Å². The van der Waals surface area contributed by atoms with Crippen LogP contribution in [0.4, 0.5) is 0 Å². The topological polar surface area (TPSA) is 84.2 Å². The molecule has 0 atom stereocenters. The van der Waals surface area contributed by atoms with Gasteiger partial charge in [-0.25, -0.2) is 4.68 Å².